The average molecular weight is 244 g/mol. The van der Waals surface area contributed by atoms with Gasteiger partial charge in [-0.15, -0.1) is 0 Å². The van der Waals surface area contributed by atoms with Gasteiger partial charge in [0.1, 0.15) is 0 Å². The molecule has 0 aromatic rings. The molecule has 0 aliphatic heterocycles. The van der Waals surface area contributed by atoms with E-state index in [1.54, 1.807) is 0 Å². The van der Waals surface area contributed by atoms with Crippen LogP contribution in [-0.4, -0.2) is 47.4 Å². The zero-order chi connectivity index (χ0) is 13.6. The van der Waals surface area contributed by atoms with Gasteiger partial charge in [0.25, 0.3) is 0 Å². The van der Waals surface area contributed by atoms with Gasteiger partial charge in [0.2, 0.25) is 11.8 Å². The molecule has 17 heavy (non-hydrogen) atoms. The summed E-state index contributed by atoms with van der Waals surface area (Å²) in [4.78, 5) is 34.4. The maximum atomic E-state index is 11.6. The lowest BCUT2D eigenvalue weighted by Crippen LogP contribution is -2.45. The van der Waals surface area contributed by atoms with Crippen molar-refractivity contribution in [3.05, 3.63) is 0 Å². The molecular weight excluding hydrogens is 224 g/mol. The Bertz CT molecular complexity index is 302. The molecule has 0 bridgehead atoms. The third-order valence-electron chi connectivity index (χ3n) is 2.46. The van der Waals surface area contributed by atoms with Gasteiger partial charge in [-0.25, -0.2) is 0 Å². The van der Waals surface area contributed by atoms with E-state index < -0.39 is 12.0 Å². The summed E-state index contributed by atoms with van der Waals surface area (Å²) in [5, 5.41) is 11.3. The van der Waals surface area contributed by atoms with E-state index in [0.717, 1.165) is 0 Å². The van der Waals surface area contributed by atoms with Crippen LogP contribution in [0.2, 0.25) is 0 Å². The molecule has 0 aromatic heterocycles. The van der Waals surface area contributed by atoms with Crippen molar-refractivity contribution < 1.29 is 19.5 Å². The summed E-state index contributed by atoms with van der Waals surface area (Å²) in [6, 6.07) is -0.416. The largest absolute Gasteiger partial charge is 0.481 e. The SMILES string of the molecule is CC(=O)N(C)CC(=O)NC(CC(=O)O)C(C)C. The van der Waals surface area contributed by atoms with Gasteiger partial charge >= 0.3 is 5.97 Å². The highest BCUT2D eigenvalue weighted by molar-refractivity contribution is 5.84. The van der Waals surface area contributed by atoms with Crippen LogP contribution in [0.4, 0.5) is 0 Å². The number of carbonyl (C=O) groups excluding carboxylic acids is 2. The van der Waals surface area contributed by atoms with E-state index in [4.69, 9.17) is 5.11 Å². The number of aliphatic carboxylic acids is 1. The summed E-state index contributed by atoms with van der Waals surface area (Å²) >= 11 is 0. The summed E-state index contributed by atoms with van der Waals surface area (Å²) in [5.74, 6) is -1.48. The van der Waals surface area contributed by atoms with Crippen molar-refractivity contribution in [1.29, 1.82) is 0 Å². The molecule has 2 N–H and O–H groups in total. The summed E-state index contributed by atoms with van der Waals surface area (Å²) in [5.41, 5.74) is 0. The van der Waals surface area contributed by atoms with Gasteiger partial charge in [-0.1, -0.05) is 13.8 Å². The summed E-state index contributed by atoms with van der Waals surface area (Å²) in [6.45, 7) is 4.98. The zero-order valence-electron chi connectivity index (χ0n) is 10.7. The smallest absolute Gasteiger partial charge is 0.305 e. The van der Waals surface area contributed by atoms with Crippen molar-refractivity contribution in [2.75, 3.05) is 13.6 Å². The third kappa shape index (κ3) is 6.55. The number of carbonyl (C=O) groups is 3. The fraction of sp³-hybridized carbons (Fsp3) is 0.727. The van der Waals surface area contributed by atoms with Crippen LogP contribution < -0.4 is 5.32 Å². The van der Waals surface area contributed by atoms with Gasteiger partial charge in [0, 0.05) is 20.0 Å². The lowest BCUT2D eigenvalue weighted by molar-refractivity contribution is -0.138. The number of rotatable bonds is 6. The monoisotopic (exact) mass is 244 g/mol. The Kier molecular flexibility index (Phi) is 6.23. The van der Waals surface area contributed by atoms with Crippen LogP contribution >= 0.6 is 0 Å². The number of nitrogens with one attached hydrogen (secondary N) is 1. The molecule has 0 saturated carbocycles. The van der Waals surface area contributed by atoms with Crippen molar-refractivity contribution >= 4 is 17.8 Å². The topological polar surface area (TPSA) is 86.7 Å². The minimum absolute atomic E-state index is 0.0256. The van der Waals surface area contributed by atoms with Gasteiger partial charge in [-0.2, -0.15) is 0 Å². The molecule has 2 amide bonds. The molecule has 0 aliphatic carbocycles. The average Bonchev–Trinajstić information content (AvgIpc) is 2.15. The van der Waals surface area contributed by atoms with Crippen LogP contribution in [0.1, 0.15) is 27.2 Å². The Balaban J connectivity index is 4.31. The maximum Gasteiger partial charge on any atom is 0.305 e. The van der Waals surface area contributed by atoms with E-state index >= 15 is 0 Å². The Labute approximate surface area is 101 Å². The van der Waals surface area contributed by atoms with Gasteiger partial charge in [0.05, 0.1) is 13.0 Å². The molecule has 0 spiro atoms. The van der Waals surface area contributed by atoms with E-state index in [1.807, 2.05) is 13.8 Å². The maximum absolute atomic E-state index is 11.6. The van der Waals surface area contributed by atoms with Crippen LogP contribution in [0.15, 0.2) is 0 Å². The standard InChI is InChI=1S/C11H20N2O4/c1-7(2)9(5-11(16)17)12-10(15)6-13(4)8(3)14/h7,9H,5-6H2,1-4H3,(H,12,15)(H,16,17). The third-order valence-corrected chi connectivity index (χ3v) is 2.46. The number of hydrogen-bond donors (Lipinski definition) is 2. The van der Waals surface area contributed by atoms with Gasteiger partial charge in [-0.3, -0.25) is 14.4 Å². The predicted molar refractivity (Wildman–Crippen MR) is 62.3 cm³/mol. The first-order chi connectivity index (χ1) is 7.73. The van der Waals surface area contributed by atoms with Crippen LogP contribution in [0, 0.1) is 5.92 Å². The lowest BCUT2D eigenvalue weighted by atomic mass is 10.0. The van der Waals surface area contributed by atoms with E-state index in [9.17, 15) is 14.4 Å². The minimum Gasteiger partial charge on any atom is -0.481 e. The first-order valence-electron chi connectivity index (χ1n) is 5.47. The highest BCUT2D eigenvalue weighted by Gasteiger charge is 2.20. The molecule has 98 valence electrons. The van der Waals surface area contributed by atoms with Crippen molar-refractivity contribution in [2.24, 2.45) is 5.92 Å². The first kappa shape index (κ1) is 15.4. The lowest BCUT2D eigenvalue weighted by Gasteiger charge is -2.22. The summed E-state index contributed by atoms with van der Waals surface area (Å²) in [6.07, 6.45) is -0.118. The molecule has 1 unspecified atom stereocenters. The molecule has 0 rings (SSSR count). The van der Waals surface area contributed by atoms with Gasteiger partial charge in [-0.05, 0) is 5.92 Å². The van der Waals surface area contributed by atoms with Crippen molar-refractivity contribution in [2.45, 2.75) is 33.2 Å². The van der Waals surface area contributed by atoms with E-state index in [-0.39, 0.29) is 30.7 Å². The summed E-state index contributed by atoms with van der Waals surface area (Å²) in [7, 11) is 1.52. The van der Waals surface area contributed by atoms with Gasteiger partial charge < -0.3 is 15.3 Å². The molecular formula is C11H20N2O4. The summed E-state index contributed by atoms with van der Waals surface area (Å²) < 4.78 is 0. The quantitative estimate of drug-likeness (QED) is 0.692. The second-order valence-corrected chi connectivity index (χ2v) is 4.39. The number of carboxylic acid groups (broad SMARTS) is 1. The number of likely N-dealkylation sites (N-methyl/N-ethyl adjacent to an activating group) is 1. The molecule has 0 fully saturated rings. The Morgan fingerprint density at radius 2 is 1.82 bits per heavy atom. The number of carboxylic acids is 1. The number of hydrogen-bond acceptors (Lipinski definition) is 3. The van der Waals surface area contributed by atoms with Crippen LogP contribution in [0.3, 0.4) is 0 Å². The fourth-order valence-electron chi connectivity index (χ4n) is 1.22. The van der Waals surface area contributed by atoms with Crippen LogP contribution in [0.5, 0.6) is 0 Å². The normalized spacial score (nSPS) is 12.1. The molecule has 6 nitrogen and oxygen atoms in total. The predicted octanol–water partition coefficient (Wildman–Crippen LogP) is 0.0802. The van der Waals surface area contributed by atoms with Gasteiger partial charge in [0.15, 0.2) is 0 Å². The number of nitrogens with zero attached hydrogens (tertiary/aromatic N) is 1. The number of amides is 2. The molecule has 0 radical (unpaired) electrons. The van der Waals surface area contributed by atoms with Crippen molar-refractivity contribution in [3.63, 3.8) is 0 Å². The van der Waals surface area contributed by atoms with Crippen LogP contribution in [0.25, 0.3) is 0 Å². The fourth-order valence-corrected chi connectivity index (χ4v) is 1.22. The minimum atomic E-state index is -0.955. The molecule has 6 heteroatoms. The molecule has 0 heterocycles. The van der Waals surface area contributed by atoms with Crippen LogP contribution in [-0.2, 0) is 14.4 Å². The second kappa shape index (κ2) is 6.88. The van der Waals surface area contributed by atoms with E-state index in [0.29, 0.717) is 0 Å². The van der Waals surface area contributed by atoms with E-state index in [2.05, 4.69) is 5.32 Å². The Morgan fingerprint density at radius 3 is 2.18 bits per heavy atom. The highest BCUT2D eigenvalue weighted by Crippen LogP contribution is 2.06. The molecule has 0 aromatic carbocycles. The Hall–Kier alpha value is -1.59. The van der Waals surface area contributed by atoms with Crippen molar-refractivity contribution in [1.82, 2.24) is 10.2 Å². The van der Waals surface area contributed by atoms with Crippen molar-refractivity contribution in [3.8, 4) is 0 Å². The highest BCUT2D eigenvalue weighted by atomic mass is 16.4. The molecule has 0 aliphatic rings. The second-order valence-electron chi connectivity index (χ2n) is 4.39. The zero-order valence-corrected chi connectivity index (χ0v) is 10.7. The molecule has 1 atom stereocenters. The Morgan fingerprint density at radius 1 is 1.29 bits per heavy atom. The van der Waals surface area contributed by atoms with E-state index in [1.165, 1.54) is 18.9 Å². The first-order valence-corrected chi connectivity index (χ1v) is 5.47. The molecule has 0 saturated heterocycles.